The first kappa shape index (κ1) is 24.3. The van der Waals surface area contributed by atoms with Crippen LogP contribution in [0.15, 0.2) is 18.2 Å². The normalized spacial score (nSPS) is 10.9. The quantitative estimate of drug-likeness (QED) is 0.166. The summed E-state index contributed by atoms with van der Waals surface area (Å²) in [6, 6.07) is 3.85. The maximum atomic E-state index is 11.8. The molecule has 0 atom stereocenters. The van der Waals surface area contributed by atoms with Crippen LogP contribution in [0.3, 0.4) is 0 Å². The van der Waals surface area contributed by atoms with Gasteiger partial charge in [0.05, 0.1) is 0 Å². The Morgan fingerprint density at radius 3 is 1.50 bits per heavy atom. The molecular weight excluding hydrogens is 352 g/mol. The largest absolute Gasteiger partial charge is 0.508 e. The van der Waals surface area contributed by atoms with E-state index in [1.165, 1.54) is 95.2 Å². The number of unbranched alkanes of at least 4 members (excludes halogenated alkanes) is 14. The van der Waals surface area contributed by atoms with Gasteiger partial charge in [0, 0.05) is 24.6 Å². The third-order valence-corrected chi connectivity index (χ3v) is 5.09. The van der Waals surface area contributed by atoms with Crippen molar-refractivity contribution < 1.29 is 19.7 Å². The molecule has 0 aromatic heterocycles. The van der Waals surface area contributed by atoms with Crippen LogP contribution in [0, 0.1) is 0 Å². The van der Waals surface area contributed by atoms with Crippen LogP contribution in [0.2, 0.25) is 0 Å². The van der Waals surface area contributed by atoms with Gasteiger partial charge in [-0.1, -0.05) is 96.8 Å². The van der Waals surface area contributed by atoms with Crippen molar-refractivity contribution in [1.82, 2.24) is 0 Å². The minimum absolute atomic E-state index is 0.116. The Balaban J connectivity index is 1.86. The molecule has 4 heteroatoms. The monoisotopic (exact) mass is 392 g/mol. The number of hydrogen-bond donors (Lipinski definition) is 2. The molecule has 0 amide bonds. The average molecular weight is 393 g/mol. The van der Waals surface area contributed by atoms with E-state index in [0.717, 1.165) is 19.3 Å². The van der Waals surface area contributed by atoms with Gasteiger partial charge in [-0.05, 0) is 6.42 Å². The first-order valence-corrected chi connectivity index (χ1v) is 11.4. The van der Waals surface area contributed by atoms with Crippen LogP contribution in [0.1, 0.15) is 110 Å². The predicted molar refractivity (Wildman–Crippen MR) is 115 cm³/mol. The summed E-state index contributed by atoms with van der Waals surface area (Å²) >= 11 is 0. The highest BCUT2D eigenvalue weighted by atomic mass is 16.5. The van der Waals surface area contributed by atoms with E-state index in [9.17, 15) is 15.0 Å². The van der Waals surface area contributed by atoms with Gasteiger partial charge in [0.25, 0.3) is 0 Å². The van der Waals surface area contributed by atoms with Crippen LogP contribution >= 0.6 is 0 Å². The second kappa shape index (κ2) is 16.3. The molecule has 0 unspecified atom stereocenters. The summed E-state index contributed by atoms with van der Waals surface area (Å²) in [7, 11) is 0. The van der Waals surface area contributed by atoms with E-state index < -0.39 is 0 Å². The van der Waals surface area contributed by atoms with Gasteiger partial charge in [0.15, 0.2) is 0 Å². The van der Waals surface area contributed by atoms with E-state index in [-0.39, 0.29) is 23.2 Å². The Hall–Kier alpha value is -1.71. The first-order valence-electron chi connectivity index (χ1n) is 11.4. The van der Waals surface area contributed by atoms with Gasteiger partial charge in [0.2, 0.25) is 0 Å². The van der Waals surface area contributed by atoms with Crippen LogP contribution < -0.4 is 4.74 Å². The zero-order chi connectivity index (χ0) is 20.5. The zero-order valence-electron chi connectivity index (χ0n) is 17.8. The molecule has 1 rings (SSSR count). The summed E-state index contributed by atoms with van der Waals surface area (Å²) in [6.45, 7) is 2.26. The van der Waals surface area contributed by atoms with E-state index in [0.29, 0.717) is 6.42 Å². The van der Waals surface area contributed by atoms with Crippen molar-refractivity contribution in [3.05, 3.63) is 18.2 Å². The molecular formula is C24H40O4. The minimum atomic E-state index is -0.320. The number of ether oxygens (including phenoxy) is 1. The summed E-state index contributed by atoms with van der Waals surface area (Å²) in [5.74, 6) is -0.368. The molecule has 0 saturated carbocycles. The SMILES string of the molecule is CCCCCCCCCCCCCCCCCC(=O)Oc1cc(O)cc(O)c1. The molecule has 0 aliphatic heterocycles. The number of aromatic hydroxyl groups is 2. The first-order chi connectivity index (χ1) is 13.6. The van der Waals surface area contributed by atoms with Crippen LogP contribution in [0.25, 0.3) is 0 Å². The van der Waals surface area contributed by atoms with Crippen LogP contribution in [-0.2, 0) is 4.79 Å². The summed E-state index contributed by atoms with van der Waals surface area (Å²) in [6.07, 6.45) is 19.8. The van der Waals surface area contributed by atoms with Crippen molar-refractivity contribution in [2.24, 2.45) is 0 Å². The molecule has 2 N–H and O–H groups in total. The van der Waals surface area contributed by atoms with Crippen LogP contribution in [0.5, 0.6) is 17.2 Å². The van der Waals surface area contributed by atoms with Gasteiger partial charge in [-0.3, -0.25) is 4.79 Å². The Labute approximate surface area is 171 Å². The van der Waals surface area contributed by atoms with Gasteiger partial charge >= 0.3 is 5.97 Å². The second-order valence-corrected chi connectivity index (χ2v) is 7.86. The van der Waals surface area contributed by atoms with Crippen molar-refractivity contribution in [3.63, 3.8) is 0 Å². The van der Waals surface area contributed by atoms with Crippen molar-refractivity contribution in [2.45, 2.75) is 110 Å². The van der Waals surface area contributed by atoms with Crippen LogP contribution in [-0.4, -0.2) is 16.2 Å². The van der Waals surface area contributed by atoms with Gasteiger partial charge in [0.1, 0.15) is 17.2 Å². The Morgan fingerprint density at radius 2 is 1.07 bits per heavy atom. The van der Waals surface area contributed by atoms with E-state index in [1.807, 2.05) is 0 Å². The van der Waals surface area contributed by atoms with Gasteiger partial charge in [-0.15, -0.1) is 0 Å². The number of rotatable bonds is 17. The minimum Gasteiger partial charge on any atom is -0.508 e. The maximum Gasteiger partial charge on any atom is 0.311 e. The fraction of sp³-hybridized carbons (Fsp3) is 0.708. The number of carbonyl (C=O) groups is 1. The van der Waals surface area contributed by atoms with E-state index >= 15 is 0 Å². The molecule has 0 heterocycles. The average Bonchev–Trinajstić information content (AvgIpc) is 2.64. The molecule has 28 heavy (non-hydrogen) atoms. The molecule has 0 bridgehead atoms. The molecule has 1 aromatic rings. The highest BCUT2D eigenvalue weighted by Crippen LogP contribution is 2.26. The van der Waals surface area contributed by atoms with E-state index in [2.05, 4.69) is 6.92 Å². The number of carbonyl (C=O) groups excluding carboxylic acids is 1. The molecule has 0 aliphatic rings. The Morgan fingerprint density at radius 1 is 0.679 bits per heavy atom. The third-order valence-electron chi connectivity index (χ3n) is 5.09. The topological polar surface area (TPSA) is 66.8 Å². The molecule has 0 saturated heterocycles. The standard InChI is InChI=1S/C24H40O4/c1-2-3-4-5-6-7-8-9-10-11-12-13-14-15-16-17-24(27)28-23-19-21(25)18-22(26)20-23/h18-20,25-26H,2-17H2,1H3. The Bertz CT molecular complexity index is 507. The smallest absolute Gasteiger partial charge is 0.311 e. The lowest BCUT2D eigenvalue weighted by atomic mass is 10.0. The maximum absolute atomic E-state index is 11.8. The summed E-state index contributed by atoms with van der Waals surface area (Å²) in [4.78, 5) is 11.8. The number of phenols is 2. The lowest BCUT2D eigenvalue weighted by molar-refractivity contribution is -0.134. The van der Waals surface area contributed by atoms with Crippen molar-refractivity contribution in [1.29, 1.82) is 0 Å². The predicted octanol–water partition coefficient (Wildman–Crippen LogP) is 7.26. The van der Waals surface area contributed by atoms with Gasteiger partial charge in [-0.2, -0.15) is 0 Å². The second-order valence-electron chi connectivity index (χ2n) is 7.86. The lowest BCUT2D eigenvalue weighted by Gasteiger charge is -2.06. The molecule has 0 radical (unpaired) electrons. The number of esters is 1. The Kier molecular flexibility index (Phi) is 14.1. The van der Waals surface area contributed by atoms with Crippen molar-refractivity contribution in [3.8, 4) is 17.2 Å². The molecule has 1 aromatic carbocycles. The molecule has 0 fully saturated rings. The highest BCUT2D eigenvalue weighted by molar-refractivity contribution is 5.72. The van der Waals surface area contributed by atoms with Gasteiger partial charge in [-0.25, -0.2) is 0 Å². The molecule has 0 spiro atoms. The molecule has 160 valence electrons. The molecule has 4 nitrogen and oxygen atoms in total. The molecule has 0 aliphatic carbocycles. The van der Waals surface area contributed by atoms with E-state index in [4.69, 9.17) is 4.74 Å². The van der Waals surface area contributed by atoms with Crippen molar-refractivity contribution in [2.75, 3.05) is 0 Å². The van der Waals surface area contributed by atoms with Crippen LogP contribution in [0.4, 0.5) is 0 Å². The highest BCUT2D eigenvalue weighted by Gasteiger charge is 2.07. The summed E-state index contributed by atoms with van der Waals surface area (Å²) < 4.78 is 5.14. The van der Waals surface area contributed by atoms with Gasteiger partial charge < -0.3 is 14.9 Å². The fourth-order valence-electron chi connectivity index (χ4n) is 3.45. The fourth-order valence-corrected chi connectivity index (χ4v) is 3.45. The van der Waals surface area contributed by atoms with Crippen molar-refractivity contribution >= 4 is 5.97 Å². The zero-order valence-corrected chi connectivity index (χ0v) is 17.8. The van der Waals surface area contributed by atoms with E-state index in [1.54, 1.807) is 0 Å². The summed E-state index contributed by atoms with van der Waals surface area (Å²) in [5, 5.41) is 18.7. The number of phenolic OH excluding ortho intramolecular Hbond substituents is 2. The number of hydrogen-bond acceptors (Lipinski definition) is 4. The lowest BCUT2D eigenvalue weighted by Crippen LogP contribution is -2.07. The number of benzene rings is 1. The third kappa shape index (κ3) is 13.5. The summed E-state index contributed by atoms with van der Waals surface area (Å²) in [5.41, 5.74) is 0.